The minimum absolute atomic E-state index is 0.269. The van der Waals surface area contributed by atoms with Crippen LogP contribution in [0.1, 0.15) is 54.6 Å². The molecule has 1 saturated carbocycles. The number of methoxy groups -OCH3 is 1. The van der Waals surface area contributed by atoms with E-state index in [0.29, 0.717) is 35.2 Å². The number of amides is 1. The number of nitrogens with zero attached hydrogens (tertiary/aromatic N) is 2. The van der Waals surface area contributed by atoms with Gasteiger partial charge in [-0.25, -0.2) is 14.8 Å². The number of hydrogen-bond acceptors (Lipinski definition) is 7. The van der Waals surface area contributed by atoms with Crippen LogP contribution < -0.4 is 14.8 Å². The smallest absolute Gasteiger partial charge is 0.328 e. The van der Waals surface area contributed by atoms with Gasteiger partial charge in [0.15, 0.2) is 0 Å². The Labute approximate surface area is 211 Å². The Bertz CT molecular complexity index is 1190. The molecule has 1 fully saturated rings. The molecule has 0 saturated heterocycles. The molecule has 0 bridgehead atoms. The molecule has 0 spiro atoms. The van der Waals surface area contributed by atoms with E-state index in [1.807, 2.05) is 31.2 Å². The number of esters is 1. The highest BCUT2D eigenvalue weighted by atomic mass is 16.5. The molecule has 1 aliphatic rings. The third-order valence-corrected chi connectivity index (χ3v) is 6.47. The van der Waals surface area contributed by atoms with Gasteiger partial charge in [0.25, 0.3) is 5.91 Å². The van der Waals surface area contributed by atoms with Gasteiger partial charge in [0, 0.05) is 5.56 Å². The van der Waals surface area contributed by atoms with Gasteiger partial charge in [0.05, 0.1) is 18.1 Å². The summed E-state index contributed by atoms with van der Waals surface area (Å²) in [5, 5.41) is 2.86. The fourth-order valence-corrected chi connectivity index (χ4v) is 4.59. The van der Waals surface area contributed by atoms with Gasteiger partial charge in [-0.05, 0) is 49.6 Å². The van der Waals surface area contributed by atoms with E-state index in [2.05, 4.69) is 15.3 Å². The minimum atomic E-state index is -0.658. The van der Waals surface area contributed by atoms with Crippen molar-refractivity contribution < 1.29 is 23.8 Å². The Morgan fingerprint density at radius 1 is 0.972 bits per heavy atom. The molecule has 1 heterocycles. The van der Waals surface area contributed by atoms with Crippen molar-refractivity contribution in [2.24, 2.45) is 5.92 Å². The Morgan fingerprint density at radius 2 is 1.69 bits per heavy atom. The van der Waals surface area contributed by atoms with Crippen molar-refractivity contribution >= 4 is 22.9 Å². The van der Waals surface area contributed by atoms with Crippen molar-refractivity contribution in [3.05, 3.63) is 59.8 Å². The van der Waals surface area contributed by atoms with Crippen LogP contribution in [-0.2, 0) is 9.53 Å². The predicted molar refractivity (Wildman–Crippen MR) is 136 cm³/mol. The molecule has 1 aliphatic carbocycles. The van der Waals surface area contributed by atoms with Crippen molar-refractivity contribution in [1.82, 2.24) is 15.3 Å². The molecular formula is C28H33N3O5. The molecular weight excluding hydrogens is 458 g/mol. The van der Waals surface area contributed by atoms with Gasteiger partial charge in [-0.1, -0.05) is 50.3 Å². The fourth-order valence-electron chi connectivity index (χ4n) is 4.59. The number of carbonyl (C=O) groups excluding carboxylic acids is 2. The van der Waals surface area contributed by atoms with Crippen molar-refractivity contribution in [1.29, 1.82) is 0 Å². The van der Waals surface area contributed by atoms with Gasteiger partial charge in [0.1, 0.15) is 30.7 Å². The van der Waals surface area contributed by atoms with Gasteiger partial charge in [-0.15, -0.1) is 0 Å². The number of nitrogens with one attached hydrogen (secondary N) is 1. The number of rotatable bonds is 10. The second kappa shape index (κ2) is 12.3. The maximum atomic E-state index is 12.9. The second-order valence-corrected chi connectivity index (χ2v) is 9.12. The van der Waals surface area contributed by atoms with E-state index in [-0.39, 0.29) is 19.1 Å². The SMILES string of the molecule is COC(=O)[C@H](CC1CCCCC1)NC(=O)c1cccc(OCCOc2nc3ccccc3nc2C)c1. The number of fused-ring (bicyclic) bond motifs is 1. The summed E-state index contributed by atoms with van der Waals surface area (Å²) in [5.74, 6) is 0.691. The van der Waals surface area contributed by atoms with Crippen LogP contribution in [0, 0.1) is 12.8 Å². The zero-order valence-corrected chi connectivity index (χ0v) is 20.9. The number of benzene rings is 2. The Balaban J connectivity index is 1.31. The molecule has 8 nitrogen and oxygen atoms in total. The van der Waals surface area contributed by atoms with Crippen molar-refractivity contribution in [3.63, 3.8) is 0 Å². The van der Waals surface area contributed by atoms with E-state index in [4.69, 9.17) is 14.2 Å². The molecule has 36 heavy (non-hydrogen) atoms. The van der Waals surface area contributed by atoms with E-state index in [1.165, 1.54) is 26.4 Å². The molecule has 0 aliphatic heterocycles. The number of carbonyl (C=O) groups is 2. The molecule has 0 unspecified atom stereocenters. The van der Waals surface area contributed by atoms with Crippen LogP contribution in [0.15, 0.2) is 48.5 Å². The first-order chi connectivity index (χ1) is 17.5. The largest absolute Gasteiger partial charge is 0.490 e. The normalized spacial score (nSPS) is 14.7. The third-order valence-electron chi connectivity index (χ3n) is 6.47. The standard InChI is InChI=1S/C28H33N3O5/c1-19-27(31-24-14-7-6-13-23(24)29-19)36-16-15-35-22-12-8-11-21(18-22)26(32)30-25(28(33)34-2)17-20-9-4-3-5-10-20/h6-8,11-14,18,20,25H,3-5,9-10,15-17H2,1-2H3,(H,30,32)/t25-/m0/s1. The molecule has 0 radical (unpaired) electrons. The van der Waals surface area contributed by atoms with E-state index in [0.717, 1.165) is 23.9 Å². The van der Waals surface area contributed by atoms with Gasteiger partial charge in [-0.2, -0.15) is 0 Å². The molecule has 190 valence electrons. The topological polar surface area (TPSA) is 99.6 Å². The number of aryl methyl sites for hydroxylation is 1. The van der Waals surface area contributed by atoms with Crippen LogP contribution in [-0.4, -0.2) is 48.2 Å². The van der Waals surface area contributed by atoms with Gasteiger partial charge in [0.2, 0.25) is 5.88 Å². The first-order valence-corrected chi connectivity index (χ1v) is 12.5. The maximum Gasteiger partial charge on any atom is 0.328 e. The summed E-state index contributed by atoms with van der Waals surface area (Å²) < 4.78 is 16.5. The molecule has 1 amide bonds. The van der Waals surface area contributed by atoms with Crippen molar-refractivity contribution in [3.8, 4) is 11.6 Å². The summed E-state index contributed by atoms with van der Waals surface area (Å²) >= 11 is 0. The molecule has 1 atom stereocenters. The lowest BCUT2D eigenvalue weighted by Crippen LogP contribution is -2.43. The highest BCUT2D eigenvalue weighted by Crippen LogP contribution is 2.28. The molecule has 3 aromatic rings. The predicted octanol–water partition coefficient (Wildman–Crippen LogP) is 4.64. The highest BCUT2D eigenvalue weighted by molar-refractivity contribution is 5.97. The first-order valence-electron chi connectivity index (χ1n) is 12.5. The quantitative estimate of drug-likeness (QED) is 0.326. The highest BCUT2D eigenvalue weighted by Gasteiger charge is 2.27. The average molecular weight is 492 g/mol. The molecule has 2 aromatic carbocycles. The summed E-state index contributed by atoms with van der Waals surface area (Å²) in [6.45, 7) is 2.40. The van der Waals surface area contributed by atoms with Crippen LogP contribution in [0.2, 0.25) is 0 Å². The fraction of sp³-hybridized carbons (Fsp3) is 0.429. The molecule has 8 heteroatoms. The van der Waals surface area contributed by atoms with Crippen LogP contribution in [0.25, 0.3) is 11.0 Å². The van der Waals surface area contributed by atoms with Crippen LogP contribution in [0.3, 0.4) is 0 Å². The van der Waals surface area contributed by atoms with E-state index in [9.17, 15) is 9.59 Å². The third kappa shape index (κ3) is 6.71. The zero-order chi connectivity index (χ0) is 25.3. The van der Waals surface area contributed by atoms with Crippen LogP contribution >= 0.6 is 0 Å². The summed E-state index contributed by atoms with van der Waals surface area (Å²) in [4.78, 5) is 34.3. The van der Waals surface area contributed by atoms with Gasteiger partial charge < -0.3 is 19.5 Å². The van der Waals surface area contributed by atoms with Crippen molar-refractivity contribution in [2.45, 2.75) is 51.5 Å². The summed E-state index contributed by atoms with van der Waals surface area (Å²) in [5.41, 5.74) is 2.72. The second-order valence-electron chi connectivity index (χ2n) is 9.12. The van der Waals surface area contributed by atoms with Crippen LogP contribution in [0.4, 0.5) is 0 Å². The number of hydrogen-bond donors (Lipinski definition) is 1. The Hall–Kier alpha value is -3.68. The first kappa shape index (κ1) is 25.4. The average Bonchev–Trinajstić information content (AvgIpc) is 2.91. The monoisotopic (exact) mass is 491 g/mol. The summed E-state index contributed by atoms with van der Waals surface area (Å²) in [6.07, 6.45) is 6.34. The lowest BCUT2D eigenvalue weighted by Gasteiger charge is -2.25. The molecule has 1 aromatic heterocycles. The Morgan fingerprint density at radius 3 is 2.44 bits per heavy atom. The van der Waals surface area contributed by atoms with Crippen LogP contribution in [0.5, 0.6) is 11.6 Å². The maximum absolute atomic E-state index is 12.9. The lowest BCUT2D eigenvalue weighted by atomic mass is 9.85. The van der Waals surface area contributed by atoms with E-state index in [1.54, 1.807) is 24.3 Å². The number of aromatic nitrogens is 2. The van der Waals surface area contributed by atoms with Gasteiger partial charge in [-0.3, -0.25) is 4.79 Å². The minimum Gasteiger partial charge on any atom is -0.490 e. The molecule has 1 N–H and O–H groups in total. The van der Waals surface area contributed by atoms with E-state index >= 15 is 0 Å². The van der Waals surface area contributed by atoms with Gasteiger partial charge >= 0.3 is 5.97 Å². The summed E-state index contributed by atoms with van der Waals surface area (Å²) in [7, 11) is 1.35. The molecule has 4 rings (SSSR count). The van der Waals surface area contributed by atoms with Crippen molar-refractivity contribution in [2.75, 3.05) is 20.3 Å². The zero-order valence-electron chi connectivity index (χ0n) is 20.9. The Kier molecular flexibility index (Phi) is 8.71. The summed E-state index contributed by atoms with van der Waals surface area (Å²) in [6, 6.07) is 13.9. The lowest BCUT2D eigenvalue weighted by molar-refractivity contribution is -0.143. The number of para-hydroxylation sites is 2. The number of ether oxygens (including phenoxy) is 3. The van der Waals surface area contributed by atoms with E-state index < -0.39 is 12.0 Å².